The summed E-state index contributed by atoms with van der Waals surface area (Å²) in [5, 5.41) is 0. The summed E-state index contributed by atoms with van der Waals surface area (Å²) in [4.78, 5) is 0. The summed E-state index contributed by atoms with van der Waals surface area (Å²) in [6, 6.07) is 3.71. The topological polar surface area (TPSA) is 43.4 Å². The highest BCUT2D eigenvalue weighted by atomic mass is 79.9. The molecule has 18 heavy (non-hydrogen) atoms. The first-order valence-electron chi connectivity index (χ1n) is 5.69. The van der Waals surface area contributed by atoms with Crippen LogP contribution in [0.3, 0.4) is 0 Å². The van der Waals surface area contributed by atoms with Gasteiger partial charge >= 0.3 is 0 Å². The van der Waals surface area contributed by atoms with Crippen LogP contribution in [0.2, 0.25) is 0 Å². The molecule has 1 aliphatic rings. The number of ether oxygens (including phenoxy) is 1. The van der Waals surface area contributed by atoms with Gasteiger partial charge in [-0.1, -0.05) is 6.07 Å². The van der Waals surface area contributed by atoms with E-state index >= 15 is 0 Å². The van der Waals surface area contributed by atoms with Crippen molar-refractivity contribution >= 4 is 35.7 Å². The predicted octanol–water partition coefficient (Wildman–Crippen LogP) is 3.61. The molecule has 0 amide bonds. The molecule has 1 fully saturated rings. The summed E-state index contributed by atoms with van der Waals surface area (Å²) < 4.78 is 28.9. The number of hydrogen-bond acceptors (Lipinski definition) is 3. The second kappa shape index (κ2) is 5.39. The van der Waals surface area contributed by atoms with Gasteiger partial charge in [-0.15, -0.1) is 0 Å². The zero-order chi connectivity index (χ0) is 13.3. The Kier molecular flexibility index (Phi) is 4.24. The van der Waals surface area contributed by atoms with Gasteiger partial charge in [-0.05, 0) is 53.2 Å². The van der Waals surface area contributed by atoms with Gasteiger partial charge in [0.25, 0.3) is 0 Å². The number of aryl methyl sites for hydroxylation is 1. The molecule has 0 aliphatic heterocycles. The second-order valence-electron chi connectivity index (χ2n) is 4.67. The van der Waals surface area contributed by atoms with Gasteiger partial charge in [-0.2, -0.15) is 0 Å². The Bertz CT molecular complexity index is 553. The van der Waals surface area contributed by atoms with Gasteiger partial charge < -0.3 is 4.74 Å². The van der Waals surface area contributed by atoms with Gasteiger partial charge in [-0.25, -0.2) is 8.42 Å². The fraction of sp³-hybridized carbons (Fsp3) is 0.500. The minimum Gasteiger partial charge on any atom is -0.492 e. The molecule has 0 radical (unpaired) electrons. The third-order valence-electron chi connectivity index (χ3n) is 2.75. The van der Waals surface area contributed by atoms with Crippen molar-refractivity contribution in [2.24, 2.45) is 5.92 Å². The molecule has 0 heterocycles. The van der Waals surface area contributed by atoms with E-state index in [-0.39, 0.29) is 5.75 Å². The molecule has 0 spiro atoms. The SMILES string of the molecule is Cc1cc(Br)c(OCC2CC2)c(CS(=O)(=O)Cl)c1. The first kappa shape index (κ1) is 14.2. The molecule has 0 aromatic heterocycles. The Hall–Kier alpha value is -0.260. The maximum atomic E-state index is 11.2. The maximum Gasteiger partial charge on any atom is 0.236 e. The zero-order valence-corrected chi connectivity index (χ0v) is 13.1. The van der Waals surface area contributed by atoms with E-state index in [4.69, 9.17) is 15.4 Å². The predicted molar refractivity (Wildman–Crippen MR) is 75.6 cm³/mol. The molecule has 1 aliphatic carbocycles. The maximum absolute atomic E-state index is 11.2. The van der Waals surface area contributed by atoms with Crippen molar-refractivity contribution in [2.45, 2.75) is 25.5 Å². The molecule has 1 aromatic rings. The molecule has 3 nitrogen and oxygen atoms in total. The Labute approximate surface area is 120 Å². The zero-order valence-electron chi connectivity index (χ0n) is 9.95. The lowest BCUT2D eigenvalue weighted by molar-refractivity contribution is 0.295. The average Bonchev–Trinajstić information content (AvgIpc) is 2.97. The Balaban J connectivity index is 2.27. The number of rotatable bonds is 5. The van der Waals surface area contributed by atoms with Crippen LogP contribution in [0.25, 0.3) is 0 Å². The van der Waals surface area contributed by atoms with Crippen LogP contribution in [0.4, 0.5) is 0 Å². The molecule has 0 N–H and O–H groups in total. The summed E-state index contributed by atoms with van der Waals surface area (Å²) >= 11 is 3.41. The molecule has 0 bridgehead atoms. The lowest BCUT2D eigenvalue weighted by atomic mass is 10.1. The highest BCUT2D eigenvalue weighted by Gasteiger charge is 2.23. The van der Waals surface area contributed by atoms with Crippen LogP contribution in [-0.2, 0) is 14.8 Å². The minimum atomic E-state index is -3.58. The lowest BCUT2D eigenvalue weighted by Gasteiger charge is -2.13. The summed E-state index contributed by atoms with van der Waals surface area (Å²) in [6.45, 7) is 2.54. The first-order valence-corrected chi connectivity index (χ1v) is 8.96. The van der Waals surface area contributed by atoms with E-state index in [1.54, 1.807) is 6.07 Å². The molecule has 0 unspecified atom stereocenters. The van der Waals surface area contributed by atoms with Crippen LogP contribution in [0, 0.1) is 12.8 Å². The smallest absolute Gasteiger partial charge is 0.236 e. The standard InChI is InChI=1S/C12H14BrClO3S/c1-8-4-10(7-18(14,15)16)12(11(13)5-8)17-6-9-2-3-9/h4-5,9H,2-3,6-7H2,1H3. The highest BCUT2D eigenvalue weighted by molar-refractivity contribution is 9.10. The van der Waals surface area contributed by atoms with Crippen molar-refractivity contribution < 1.29 is 13.2 Å². The van der Waals surface area contributed by atoms with Crippen molar-refractivity contribution in [3.05, 3.63) is 27.7 Å². The quantitative estimate of drug-likeness (QED) is 0.759. The number of hydrogen-bond donors (Lipinski definition) is 0. The highest BCUT2D eigenvalue weighted by Crippen LogP contribution is 2.35. The van der Waals surface area contributed by atoms with Gasteiger partial charge in [0, 0.05) is 16.2 Å². The van der Waals surface area contributed by atoms with Gasteiger partial charge in [0.2, 0.25) is 9.05 Å². The van der Waals surface area contributed by atoms with Crippen molar-refractivity contribution in [3.8, 4) is 5.75 Å². The monoisotopic (exact) mass is 352 g/mol. The van der Waals surface area contributed by atoms with Crippen molar-refractivity contribution in [1.82, 2.24) is 0 Å². The third kappa shape index (κ3) is 4.14. The lowest BCUT2D eigenvalue weighted by Crippen LogP contribution is -2.05. The first-order chi connectivity index (χ1) is 8.35. The summed E-state index contributed by atoms with van der Waals surface area (Å²) in [5.41, 5.74) is 1.58. The number of benzene rings is 1. The Morgan fingerprint density at radius 2 is 2.11 bits per heavy atom. The van der Waals surface area contributed by atoms with E-state index in [1.165, 1.54) is 12.8 Å². The third-order valence-corrected chi connectivity index (χ3v) is 4.33. The van der Waals surface area contributed by atoms with Crippen LogP contribution in [-0.4, -0.2) is 15.0 Å². The molecule has 6 heteroatoms. The van der Waals surface area contributed by atoms with Gasteiger partial charge in [0.15, 0.2) is 0 Å². The largest absolute Gasteiger partial charge is 0.492 e. The molecule has 100 valence electrons. The van der Waals surface area contributed by atoms with E-state index in [1.807, 2.05) is 13.0 Å². The average molecular weight is 354 g/mol. The minimum absolute atomic E-state index is 0.213. The van der Waals surface area contributed by atoms with Gasteiger partial charge in [0.05, 0.1) is 16.8 Å². The number of halogens is 2. The van der Waals surface area contributed by atoms with Crippen molar-refractivity contribution in [3.63, 3.8) is 0 Å². The summed E-state index contributed by atoms with van der Waals surface area (Å²) in [5.74, 6) is 0.991. The van der Waals surface area contributed by atoms with Crippen molar-refractivity contribution in [1.29, 1.82) is 0 Å². The van der Waals surface area contributed by atoms with E-state index in [0.717, 1.165) is 10.0 Å². The Morgan fingerprint density at radius 1 is 1.44 bits per heavy atom. The second-order valence-corrected chi connectivity index (χ2v) is 8.30. The molecular formula is C12H14BrClO3S. The molecular weight excluding hydrogens is 340 g/mol. The molecule has 0 atom stereocenters. The fourth-order valence-corrected chi connectivity index (χ4v) is 3.41. The van der Waals surface area contributed by atoms with Crippen LogP contribution in [0.5, 0.6) is 5.75 Å². The molecule has 1 saturated carbocycles. The summed E-state index contributed by atoms with van der Waals surface area (Å²) in [7, 11) is 1.74. The molecule has 0 saturated heterocycles. The fourth-order valence-electron chi connectivity index (χ4n) is 1.74. The van der Waals surface area contributed by atoms with Crippen molar-refractivity contribution in [2.75, 3.05) is 6.61 Å². The normalized spacial score (nSPS) is 15.7. The van der Waals surface area contributed by atoms with E-state index in [2.05, 4.69) is 15.9 Å². The van der Waals surface area contributed by atoms with Crippen LogP contribution >= 0.6 is 26.6 Å². The summed E-state index contributed by atoms with van der Waals surface area (Å²) in [6.07, 6.45) is 2.37. The van der Waals surface area contributed by atoms with Gasteiger partial charge in [-0.3, -0.25) is 0 Å². The van der Waals surface area contributed by atoms with Gasteiger partial charge in [0.1, 0.15) is 5.75 Å². The molecule has 1 aromatic carbocycles. The van der Waals surface area contributed by atoms with E-state index < -0.39 is 9.05 Å². The molecule has 2 rings (SSSR count). The van der Waals surface area contributed by atoms with Crippen LogP contribution in [0.15, 0.2) is 16.6 Å². The Morgan fingerprint density at radius 3 is 2.67 bits per heavy atom. The van der Waals surface area contributed by atoms with E-state index in [0.29, 0.717) is 23.8 Å². The van der Waals surface area contributed by atoms with Crippen LogP contribution < -0.4 is 4.74 Å². The van der Waals surface area contributed by atoms with E-state index in [9.17, 15) is 8.42 Å². The van der Waals surface area contributed by atoms with Crippen LogP contribution in [0.1, 0.15) is 24.0 Å².